The monoisotopic (exact) mass is 163 g/mol. The molecule has 2 nitrogen and oxygen atoms in total. The van der Waals surface area contributed by atoms with E-state index in [-0.39, 0.29) is 4.82 Å². The van der Waals surface area contributed by atoms with Gasteiger partial charge in [0, 0.05) is 21.6 Å². The zero-order valence-corrected chi connectivity index (χ0v) is 5.58. The van der Waals surface area contributed by atoms with Crippen molar-refractivity contribution in [3.05, 3.63) is 12.3 Å². The molecule has 0 unspecified atom stereocenters. The largest absolute Gasteiger partial charge is 0.321 e. The van der Waals surface area contributed by atoms with Crippen molar-refractivity contribution in [2.45, 2.75) is 6.92 Å². The van der Waals surface area contributed by atoms with Gasteiger partial charge in [0.25, 0.3) is 4.82 Å². The molecule has 0 bridgehead atoms. The van der Waals surface area contributed by atoms with Crippen LogP contribution >= 0.6 is 15.9 Å². The normalized spacial score (nSPS) is 7.71. The summed E-state index contributed by atoms with van der Waals surface area (Å²) in [4.78, 5) is 9.75. The van der Waals surface area contributed by atoms with Gasteiger partial charge in [-0.2, -0.15) is 0 Å². The molecule has 0 atom stereocenters. The second-order valence-corrected chi connectivity index (χ2v) is 1.90. The van der Waals surface area contributed by atoms with Gasteiger partial charge in [-0.25, -0.2) is 0 Å². The van der Waals surface area contributed by atoms with E-state index in [1.54, 1.807) is 6.92 Å². The highest BCUT2D eigenvalue weighted by molar-refractivity contribution is 9.18. The Balaban J connectivity index is 3.32. The maximum absolute atomic E-state index is 10.00. The number of hydrogen-bond acceptors (Lipinski definition) is 1. The second kappa shape index (κ2) is 2.80. The third-order valence-electron chi connectivity index (χ3n) is 0.312. The topological polar surface area (TPSA) is 29.1 Å². The molecule has 0 heterocycles. The number of carbonyl (C=O) groups excluding carboxylic acids is 1. The first-order chi connectivity index (χ1) is 3.13. The Labute approximate surface area is 50.7 Å². The fourth-order valence-corrected chi connectivity index (χ4v) is 0.506. The van der Waals surface area contributed by atoms with Crippen LogP contribution in [0, 0.1) is 0 Å². The summed E-state index contributed by atoms with van der Waals surface area (Å²) in [7, 11) is 0. The predicted octanol–water partition coefficient (Wildman–Crippen LogP) is 1.62. The van der Waals surface area contributed by atoms with E-state index >= 15 is 0 Å². The predicted molar refractivity (Wildman–Crippen MR) is 32.3 cm³/mol. The summed E-state index contributed by atoms with van der Waals surface area (Å²) in [6.07, 6.45) is 0. The zero-order valence-electron chi connectivity index (χ0n) is 3.99. The van der Waals surface area contributed by atoms with Crippen LogP contribution in [-0.4, -0.2) is 4.82 Å². The molecule has 0 radical (unpaired) electrons. The van der Waals surface area contributed by atoms with Crippen molar-refractivity contribution in [2.24, 2.45) is 0 Å². The molecule has 0 rings (SSSR count). The van der Waals surface area contributed by atoms with Crippen molar-refractivity contribution in [3.63, 3.8) is 0 Å². The number of halogens is 1. The molecule has 0 saturated carbocycles. The van der Waals surface area contributed by atoms with Gasteiger partial charge in [-0.05, 0) is 6.92 Å². The summed E-state index contributed by atoms with van der Waals surface area (Å²) in [5.41, 5.74) is 0.641. The van der Waals surface area contributed by atoms with Crippen molar-refractivity contribution in [1.82, 2.24) is 5.32 Å². The molecule has 0 aromatic carbocycles. The van der Waals surface area contributed by atoms with E-state index in [0.717, 1.165) is 0 Å². The van der Waals surface area contributed by atoms with Crippen LogP contribution in [0.25, 0.3) is 0 Å². The Bertz CT molecular complexity index is 87.9. The van der Waals surface area contributed by atoms with E-state index in [1.807, 2.05) is 0 Å². The third kappa shape index (κ3) is 5.69. The highest BCUT2D eigenvalue weighted by Gasteiger charge is 1.87. The standard InChI is InChI=1S/C4H6BrNO/c1-3(2)6-4(5)7/h1H2,2H3,(H,6,7). The first-order valence-corrected chi connectivity index (χ1v) is 2.54. The number of nitrogens with one attached hydrogen (secondary N) is 1. The van der Waals surface area contributed by atoms with Gasteiger partial charge in [-0.3, -0.25) is 4.79 Å². The van der Waals surface area contributed by atoms with Crippen LogP contribution in [0.2, 0.25) is 0 Å². The molecule has 0 saturated heterocycles. The summed E-state index contributed by atoms with van der Waals surface area (Å²) in [5.74, 6) is 0. The maximum Gasteiger partial charge on any atom is 0.291 e. The Morgan fingerprint density at radius 3 is 2.29 bits per heavy atom. The van der Waals surface area contributed by atoms with Gasteiger partial charge >= 0.3 is 0 Å². The minimum absolute atomic E-state index is 0.250. The maximum atomic E-state index is 10.00. The molecule has 3 heteroatoms. The van der Waals surface area contributed by atoms with Gasteiger partial charge in [0.1, 0.15) is 0 Å². The lowest BCUT2D eigenvalue weighted by Crippen LogP contribution is -2.11. The van der Waals surface area contributed by atoms with Crippen molar-refractivity contribution in [1.29, 1.82) is 0 Å². The van der Waals surface area contributed by atoms with Crippen LogP contribution < -0.4 is 5.32 Å². The highest BCUT2D eigenvalue weighted by Crippen LogP contribution is 1.85. The van der Waals surface area contributed by atoms with Gasteiger partial charge in [-0.15, -0.1) is 0 Å². The summed E-state index contributed by atoms with van der Waals surface area (Å²) in [6.45, 7) is 5.14. The van der Waals surface area contributed by atoms with Gasteiger partial charge in [0.2, 0.25) is 0 Å². The van der Waals surface area contributed by atoms with E-state index in [9.17, 15) is 4.79 Å². The van der Waals surface area contributed by atoms with Crippen LogP contribution in [0.1, 0.15) is 6.92 Å². The summed E-state index contributed by atoms with van der Waals surface area (Å²) < 4.78 is 0. The first-order valence-electron chi connectivity index (χ1n) is 1.75. The number of allylic oxidation sites excluding steroid dienone is 1. The molecule has 0 fully saturated rings. The van der Waals surface area contributed by atoms with Gasteiger partial charge in [0.05, 0.1) is 0 Å². The average molecular weight is 164 g/mol. The van der Waals surface area contributed by atoms with Gasteiger partial charge < -0.3 is 5.32 Å². The van der Waals surface area contributed by atoms with Crippen molar-refractivity contribution in [3.8, 4) is 0 Å². The van der Waals surface area contributed by atoms with E-state index in [0.29, 0.717) is 5.70 Å². The van der Waals surface area contributed by atoms with Crippen LogP contribution in [0.5, 0.6) is 0 Å². The molecule has 7 heavy (non-hydrogen) atoms. The summed E-state index contributed by atoms with van der Waals surface area (Å²) in [6, 6.07) is 0. The quantitative estimate of drug-likeness (QED) is 0.463. The number of hydrogen-bond donors (Lipinski definition) is 1. The molecule has 1 N–H and O–H groups in total. The van der Waals surface area contributed by atoms with E-state index in [1.165, 1.54) is 0 Å². The minimum Gasteiger partial charge on any atom is -0.321 e. The average Bonchev–Trinajstić information content (AvgIpc) is 1.27. The molecule has 0 aliphatic carbocycles. The SMILES string of the molecule is C=C(C)NC(=O)Br. The van der Waals surface area contributed by atoms with Crippen molar-refractivity contribution in [2.75, 3.05) is 0 Å². The Morgan fingerprint density at radius 2 is 2.29 bits per heavy atom. The van der Waals surface area contributed by atoms with Crippen LogP contribution in [-0.2, 0) is 0 Å². The molecule has 0 aromatic heterocycles. The van der Waals surface area contributed by atoms with Crippen LogP contribution in [0.4, 0.5) is 4.79 Å². The summed E-state index contributed by atoms with van der Waals surface area (Å²) >= 11 is 2.66. The summed E-state index contributed by atoms with van der Waals surface area (Å²) in [5, 5.41) is 2.39. The van der Waals surface area contributed by atoms with Gasteiger partial charge in [-0.1, -0.05) is 6.58 Å². The molecular weight excluding hydrogens is 158 g/mol. The number of amides is 1. The first kappa shape index (κ1) is 6.69. The van der Waals surface area contributed by atoms with E-state index in [2.05, 4.69) is 27.8 Å². The molecule has 1 amide bonds. The molecule has 40 valence electrons. The van der Waals surface area contributed by atoms with Crippen molar-refractivity contribution < 1.29 is 4.79 Å². The Kier molecular flexibility index (Phi) is 2.67. The van der Waals surface area contributed by atoms with E-state index in [4.69, 9.17) is 0 Å². The third-order valence-corrected chi connectivity index (χ3v) is 0.510. The molecular formula is C4H6BrNO. The van der Waals surface area contributed by atoms with E-state index < -0.39 is 0 Å². The number of rotatable bonds is 1. The van der Waals surface area contributed by atoms with Gasteiger partial charge in [0.15, 0.2) is 0 Å². The molecule has 0 aliphatic heterocycles. The zero-order chi connectivity index (χ0) is 5.86. The minimum atomic E-state index is -0.250. The van der Waals surface area contributed by atoms with Crippen LogP contribution in [0.15, 0.2) is 12.3 Å². The second-order valence-electron chi connectivity index (χ2n) is 1.18. The fraction of sp³-hybridized carbons (Fsp3) is 0.250. The lowest BCUT2D eigenvalue weighted by Gasteiger charge is -1.92. The molecule has 0 aromatic rings. The lowest BCUT2D eigenvalue weighted by molar-refractivity contribution is 0.263. The Morgan fingerprint density at radius 1 is 1.86 bits per heavy atom. The number of carbonyl (C=O) groups is 1. The smallest absolute Gasteiger partial charge is 0.291 e. The lowest BCUT2D eigenvalue weighted by atomic mass is 10.6. The fourth-order valence-electron chi connectivity index (χ4n) is 0.168. The Hall–Kier alpha value is -0.310. The van der Waals surface area contributed by atoms with Crippen molar-refractivity contribution >= 4 is 20.7 Å². The highest BCUT2D eigenvalue weighted by atomic mass is 79.9. The van der Waals surface area contributed by atoms with Crippen LogP contribution in [0.3, 0.4) is 0 Å². The molecule has 0 aliphatic rings. The molecule has 0 spiro atoms.